The molecule has 10 aromatic carbocycles. The first-order valence-corrected chi connectivity index (χ1v) is 16.0. The summed E-state index contributed by atoms with van der Waals surface area (Å²) < 4.78 is 0. The summed E-state index contributed by atoms with van der Waals surface area (Å²) in [5, 5.41) is 17.8. The van der Waals surface area contributed by atoms with E-state index in [0.717, 1.165) is 0 Å². The molecule has 0 saturated carbocycles. The Bertz CT molecular complexity index is 2550. The topological polar surface area (TPSA) is 0 Å². The summed E-state index contributed by atoms with van der Waals surface area (Å²) in [5.74, 6) is 0. The molecule has 0 nitrogen and oxygen atoms in total. The molecule has 0 saturated heterocycles. The lowest BCUT2D eigenvalue weighted by atomic mass is 9.80. The molecule has 0 amide bonds. The van der Waals surface area contributed by atoms with Gasteiger partial charge in [-0.05, 0) is 122 Å². The lowest BCUT2D eigenvalue weighted by molar-refractivity contribution is 1.71. The summed E-state index contributed by atoms with van der Waals surface area (Å²) in [6, 6.07) is 63.0. The molecule has 0 fully saturated rings. The molecule has 0 unspecified atom stereocenters. The zero-order valence-electron chi connectivity index (χ0n) is 25.2. The number of rotatable bonds is 2. The Labute approximate surface area is 266 Å². The zero-order chi connectivity index (χ0) is 30.2. The van der Waals surface area contributed by atoms with Gasteiger partial charge in [0.25, 0.3) is 0 Å². The monoisotopic (exact) mass is 580 g/mol. The van der Waals surface area contributed by atoms with Crippen molar-refractivity contribution in [1.82, 2.24) is 0 Å². The normalized spacial score (nSPS) is 11.9. The molecule has 0 aliphatic heterocycles. The Morgan fingerprint density at radius 2 is 0.413 bits per heavy atom. The van der Waals surface area contributed by atoms with Crippen LogP contribution in [-0.2, 0) is 0 Å². The van der Waals surface area contributed by atoms with Crippen molar-refractivity contribution in [2.24, 2.45) is 0 Å². The first-order valence-electron chi connectivity index (χ1n) is 16.0. The first kappa shape index (κ1) is 25.4. The van der Waals surface area contributed by atoms with Crippen LogP contribution in [0.3, 0.4) is 0 Å². The van der Waals surface area contributed by atoms with Crippen molar-refractivity contribution in [2.75, 3.05) is 0 Å². The number of hydrogen-bond donors (Lipinski definition) is 0. The van der Waals surface area contributed by atoms with Crippen LogP contribution in [-0.4, -0.2) is 0 Å². The Morgan fingerprint density at radius 1 is 0.174 bits per heavy atom. The Hall–Kier alpha value is -5.98. The fraction of sp³-hybridized carbons (Fsp3) is 0. The number of benzene rings is 10. The maximum atomic E-state index is 2.44. The van der Waals surface area contributed by atoms with Crippen LogP contribution in [0, 0.1) is 0 Å². The van der Waals surface area contributed by atoms with E-state index >= 15 is 0 Å². The first-order chi connectivity index (χ1) is 22.8. The van der Waals surface area contributed by atoms with E-state index in [1.807, 2.05) is 0 Å². The highest BCUT2D eigenvalue weighted by atomic mass is 14.2. The predicted molar refractivity (Wildman–Crippen MR) is 200 cm³/mol. The summed E-state index contributed by atoms with van der Waals surface area (Å²) in [4.78, 5) is 0. The van der Waals surface area contributed by atoms with E-state index in [1.165, 1.54) is 97.7 Å². The van der Waals surface area contributed by atoms with Gasteiger partial charge in [0.05, 0.1) is 0 Å². The van der Waals surface area contributed by atoms with Crippen LogP contribution in [0.25, 0.3) is 97.7 Å². The maximum Gasteiger partial charge on any atom is -0.00137 e. The fourth-order valence-electron chi connectivity index (χ4n) is 7.97. The van der Waals surface area contributed by atoms with E-state index in [9.17, 15) is 0 Å². The summed E-state index contributed by atoms with van der Waals surface area (Å²) in [5.41, 5.74) is 5.22. The Kier molecular flexibility index (Phi) is 5.38. The van der Waals surface area contributed by atoms with Gasteiger partial charge < -0.3 is 0 Å². The maximum absolute atomic E-state index is 2.44. The van der Waals surface area contributed by atoms with Crippen molar-refractivity contribution < 1.29 is 0 Å². The van der Waals surface area contributed by atoms with Crippen LogP contribution in [0.5, 0.6) is 0 Å². The number of hydrogen-bond acceptors (Lipinski definition) is 0. The molecule has 0 heterocycles. The molecule has 0 aliphatic carbocycles. The molecule has 46 heavy (non-hydrogen) atoms. The van der Waals surface area contributed by atoms with Gasteiger partial charge >= 0.3 is 0 Å². The van der Waals surface area contributed by atoms with E-state index < -0.39 is 0 Å². The van der Waals surface area contributed by atoms with Gasteiger partial charge in [0.1, 0.15) is 0 Å². The fourth-order valence-corrected chi connectivity index (χ4v) is 7.97. The van der Waals surface area contributed by atoms with E-state index in [4.69, 9.17) is 0 Å². The van der Waals surface area contributed by atoms with E-state index in [0.29, 0.717) is 0 Å². The lowest BCUT2D eigenvalue weighted by Gasteiger charge is -2.22. The smallest absolute Gasteiger partial charge is 0.00137 e. The molecule has 0 bridgehead atoms. The van der Waals surface area contributed by atoms with Crippen LogP contribution >= 0.6 is 0 Å². The molecule has 0 N–H and O–H groups in total. The van der Waals surface area contributed by atoms with Crippen molar-refractivity contribution in [3.8, 4) is 22.3 Å². The Morgan fingerprint density at radius 3 is 0.739 bits per heavy atom. The third kappa shape index (κ3) is 3.62. The molecule has 10 rings (SSSR count). The second kappa shape index (κ2) is 9.76. The van der Waals surface area contributed by atoms with Crippen LogP contribution in [0.2, 0.25) is 0 Å². The van der Waals surface area contributed by atoms with Crippen molar-refractivity contribution in [1.29, 1.82) is 0 Å². The highest BCUT2D eigenvalue weighted by Gasteiger charge is 2.22. The SMILES string of the molecule is c1ccc2cc3c(-c4c5ccccc5cc5ccccc45)c4ccccc4c(-c4c5ccccc5cc5ccccc45)c3cc2c1. The third-order valence-electron chi connectivity index (χ3n) is 9.93. The molecular weight excluding hydrogens is 553 g/mol. The molecular formula is C46H28. The van der Waals surface area contributed by atoms with Gasteiger partial charge in [0.2, 0.25) is 0 Å². The Balaban J connectivity index is 1.51. The highest BCUT2D eigenvalue weighted by Crippen LogP contribution is 2.50. The van der Waals surface area contributed by atoms with Crippen LogP contribution in [0.4, 0.5) is 0 Å². The van der Waals surface area contributed by atoms with Crippen molar-refractivity contribution in [3.05, 3.63) is 170 Å². The predicted octanol–water partition coefficient (Wildman–Crippen LogP) is 13.1. The number of fused-ring (bicyclic) bond motifs is 7. The minimum Gasteiger partial charge on any atom is -0.0616 e. The lowest BCUT2D eigenvalue weighted by Crippen LogP contribution is -1.94. The third-order valence-corrected chi connectivity index (χ3v) is 9.93. The van der Waals surface area contributed by atoms with Gasteiger partial charge in [-0.2, -0.15) is 0 Å². The van der Waals surface area contributed by atoms with E-state index in [-0.39, 0.29) is 0 Å². The molecule has 0 radical (unpaired) electrons. The molecule has 212 valence electrons. The zero-order valence-corrected chi connectivity index (χ0v) is 25.2. The molecule has 0 aliphatic rings. The van der Waals surface area contributed by atoms with Crippen molar-refractivity contribution >= 4 is 75.4 Å². The summed E-state index contributed by atoms with van der Waals surface area (Å²) >= 11 is 0. The molecule has 0 spiro atoms. The van der Waals surface area contributed by atoms with Gasteiger partial charge in [-0.3, -0.25) is 0 Å². The van der Waals surface area contributed by atoms with Crippen molar-refractivity contribution in [2.45, 2.75) is 0 Å². The molecule has 0 aromatic heterocycles. The average Bonchev–Trinajstić information content (AvgIpc) is 3.11. The van der Waals surface area contributed by atoms with Gasteiger partial charge in [0, 0.05) is 0 Å². The summed E-state index contributed by atoms with van der Waals surface area (Å²) in [6.45, 7) is 0. The van der Waals surface area contributed by atoms with Crippen LogP contribution in [0.1, 0.15) is 0 Å². The van der Waals surface area contributed by atoms with E-state index in [2.05, 4.69) is 170 Å². The van der Waals surface area contributed by atoms with Crippen molar-refractivity contribution in [3.63, 3.8) is 0 Å². The molecule has 10 aromatic rings. The summed E-state index contributed by atoms with van der Waals surface area (Å²) in [6.07, 6.45) is 0. The largest absolute Gasteiger partial charge is 0.0616 e. The van der Waals surface area contributed by atoms with Crippen LogP contribution < -0.4 is 0 Å². The van der Waals surface area contributed by atoms with E-state index in [1.54, 1.807) is 0 Å². The standard InChI is InChI=1S/C46H28/c1-2-14-30-28-42-41(27-29(30)13-1)45(43-35-19-7-3-15-31(35)25-32-16-4-8-20-36(32)43)39-23-11-12-24-40(39)46(42)44-37-21-9-5-17-33(37)26-34-18-6-10-22-38(34)44/h1-28H. The van der Waals surface area contributed by atoms with Gasteiger partial charge in [-0.25, -0.2) is 0 Å². The minimum atomic E-state index is 1.25. The average molecular weight is 581 g/mol. The summed E-state index contributed by atoms with van der Waals surface area (Å²) in [7, 11) is 0. The second-order valence-electron chi connectivity index (χ2n) is 12.4. The molecule has 0 atom stereocenters. The van der Waals surface area contributed by atoms with Gasteiger partial charge in [0.15, 0.2) is 0 Å². The quantitative estimate of drug-likeness (QED) is 0.178. The van der Waals surface area contributed by atoms with Gasteiger partial charge in [-0.1, -0.05) is 146 Å². The molecule has 0 heteroatoms. The van der Waals surface area contributed by atoms with Gasteiger partial charge in [-0.15, -0.1) is 0 Å². The van der Waals surface area contributed by atoms with Crippen LogP contribution in [0.15, 0.2) is 170 Å². The second-order valence-corrected chi connectivity index (χ2v) is 12.4. The highest BCUT2D eigenvalue weighted by molar-refractivity contribution is 6.31. The minimum absolute atomic E-state index is 1.25.